The molecule has 1 aromatic heterocycles. The number of carbonyl (C=O) groups is 1. The van der Waals surface area contributed by atoms with Gasteiger partial charge in [-0.25, -0.2) is 0 Å². The molecule has 0 aliphatic heterocycles. The molecule has 0 bridgehead atoms. The molecule has 0 radical (unpaired) electrons. The predicted molar refractivity (Wildman–Crippen MR) is 97.0 cm³/mol. The monoisotopic (exact) mass is 321 g/mol. The maximum Gasteiger partial charge on any atom is 0.224 e. The maximum absolute atomic E-state index is 12.6. The van der Waals surface area contributed by atoms with Gasteiger partial charge < -0.3 is 9.73 Å². The summed E-state index contributed by atoms with van der Waals surface area (Å²) < 4.78 is 5.69. The van der Waals surface area contributed by atoms with Crippen molar-refractivity contribution in [3.05, 3.63) is 48.2 Å². The van der Waals surface area contributed by atoms with Crippen LogP contribution in [0.5, 0.6) is 0 Å². The number of benzene rings is 2. The SMILES string of the molecule is C[C@H]1CCCC[C@H]1NC(=O)Cc1coc2ccc3ccccc3c12. The minimum atomic E-state index is 0.101. The Morgan fingerprint density at radius 3 is 2.88 bits per heavy atom. The number of amides is 1. The van der Waals surface area contributed by atoms with E-state index in [1.165, 1.54) is 24.6 Å². The van der Waals surface area contributed by atoms with E-state index in [1.54, 1.807) is 6.26 Å². The van der Waals surface area contributed by atoms with Crippen LogP contribution < -0.4 is 5.32 Å². The zero-order valence-electron chi connectivity index (χ0n) is 14.0. The van der Waals surface area contributed by atoms with Gasteiger partial charge in [-0.1, -0.05) is 50.1 Å². The summed E-state index contributed by atoms with van der Waals surface area (Å²) in [6.45, 7) is 2.24. The van der Waals surface area contributed by atoms with Crippen molar-refractivity contribution in [1.29, 1.82) is 0 Å². The lowest BCUT2D eigenvalue weighted by Gasteiger charge is -2.29. The van der Waals surface area contributed by atoms with E-state index in [2.05, 4.69) is 30.4 Å². The van der Waals surface area contributed by atoms with Crippen LogP contribution in [-0.2, 0) is 11.2 Å². The van der Waals surface area contributed by atoms with Gasteiger partial charge in [0.25, 0.3) is 0 Å². The summed E-state index contributed by atoms with van der Waals surface area (Å²) in [5.74, 6) is 0.675. The lowest BCUT2D eigenvalue weighted by atomic mass is 9.86. The number of hydrogen-bond acceptors (Lipinski definition) is 2. The summed E-state index contributed by atoms with van der Waals surface area (Å²) in [4.78, 5) is 12.6. The van der Waals surface area contributed by atoms with E-state index in [-0.39, 0.29) is 5.91 Å². The minimum Gasteiger partial charge on any atom is -0.464 e. The third-order valence-corrected chi connectivity index (χ3v) is 5.35. The summed E-state index contributed by atoms with van der Waals surface area (Å²) in [6.07, 6.45) is 6.93. The second-order valence-corrected chi connectivity index (χ2v) is 7.03. The molecule has 24 heavy (non-hydrogen) atoms. The maximum atomic E-state index is 12.6. The van der Waals surface area contributed by atoms with Gasteiger partial charge in [-0.05, 0) is 35.6 Å². The summed E-state index contributed by atoms with van der Waals surface area (Å²) in [5.41, 5.74) is 1.82. The smallest absolute Gasteiger partial charge is 0.224 e. The topological polar surface area (TPSA) is 42.2 Å². The van der Waals surface area contributed by atoms with E-state index in [9.17, 15) is 4.79 Å². The molecule has 0 saturated heterocycles. The van der Waals surface area contributed by atoms with E-state index in [0.717, 1.165) is 28.3 Å². The lowest BCUT2D eigenvalue weighted by Crippen LogP contribution is -2.41. The average molecular weight is 321 g/mol. The van der Waals surface area contributed by atoms with Gasteiger partial charge in [0.1, 0.15) is 5.58 Å². The molecule has 124 valence electrons. The number of carbonyl (C=O) groups excluding carboxylic acids is 1. The zero-order chi connectivity index (χ0) is 16.5. The first kappa shape index (κ1) is 15.3. The Kier molecular flexibility index (Phi) is 4.01. The molecule has 1 fully saturated rings. The molecule has 1 heterocycles. The second-order valence-electron chi connectivity index (χ2n) is 7.03. The van der Waals surface area contributed by atoms with Crippen molar-refractivity contribution in [3.63, 3.8) is 0 Å². The van der Waals surface area contributed by atoms with Crippen LogP contribution in [0.4, 0.5) is 0 Å². The van der Waals surface area contributed by atoms with Crippen LogP contribution in [0.15, 0.2) is 47.1 Å². The van der Waals surface area contributed by atoms with Crippen molar-refractivity contribution >= 4 is 27.6 Å². The van der Waals surface area contributed by atoms with Crippen molar-refractivity contribution in [2.45, 2.75) is 45.1 Å². The second kappa shape index (κ2) is 6.31. The largest absolute Gasteiger partial charge is 0.464 e. The molecule has 1 aliphatic rings. The highest BCUT2D eigenvalue weighted by molar-refractivity contribution is 6.08. The van der Waals surface area contributed by atoms with Crippen molar-refractivity contribution in [2.24, 2.45) is 5.92 Å². The fourth-order valence-electron chi connectivity index (χ4n) is 3.97. The van der Waals surface area contributed by atoms with E-state index in [4.69, 9.17) is 4.42 Å². The highest BCUT2D eigenvalue weighted by Crippen LogP contribution is 2.30. The normalized spacial score (nSPS) is 21.2. The molecule has 1 amide bonds. The van der Waals surface area contributed by atoms with E-state index >= 15 is 0 Å². The predicted octanol–water partition coefficient (Wildman–Crippen LogP) is 4.82. The number of rotatable bonds is 3. The van der Waals surface area contributed by atoms with Gasteiger partial charge >= 0.3 is 0 Å². The zero-order valence-corrected chi connectivity index (χ0v) is 14.0. The van der Waals surface area contributed by atoms with Gasteiger partial charge in [-0.3, -0.25) is 4.79 Å². The van der Waals surface area contributed by atoms with Crippen LogP contribution in [0.3, 0.4) is 0 Å². The van der Waals surface area contributed by atoms with Crippen LogP contribution in [0.25, 0.3) is 21.7 Å². The molecule has 1 aliphatic carbocycles. The molecule has 1 saturated carbocycles. The van der Waals surface area contributed by atoms with Crippen LogP contribution in [0, 0.1) is 5.92 Å². The molecule has 3 heteroatoms. The molecular weight excluding hydrogens is 298 g/mol. The van der Waals surface area contributed by atoms with Gasteiger partial charge in [-0.2, -0.15) is 0 Å². The third-order valence-electron chi connectivity index (χ3n) is 5.35. The Morgan fingerprint density at radius 2 is 2.00 bits per heavy atom. The first-order chi connectivity index (χ1) is 11.7. The number of furan rings is 1. The molecule has 1 N–H and O–H groups in total. The molecule has 4 rings (SSSR count). The van der Waals surface area contributed by atoms with Crippen molar-refractivity contribution in [1.82, 2.24) is 5.32 Å². The first-order valence-corrected chi connectivity index (χ1v) is 8.89. The molecule has 3 aromatic rings. The number of hydrogen-bond donors (Lipinski definition) is 1. The standard InChI is InChI=1S/C21H23NO2/c1-14-6-2-5-9-18(14)22-20(23)12-16-13-24-19-11-10-15-7-3-4-8-17(15)21(16)19/h3-4,7-8,10-11,13-14,18H,2,5-6,9,12H2,1H3,(H,22,23)/t14-,18+/m0/s1. The molecule has 2 atom stereocenters. The molecule has 3 nitrogen and oxygen atoms in total. The Balaban J connectivity index is 1.60. The van der Waals surface area contributed by atoms with E-state index in [0.29, 0.717) is 18.4 Å². The summed E-state index contributed by atoms with van der Waals surface area (Å²) >= 11 is 0. The fourth-order valence-corrected chi connectivity index (χ4v) is 3.97. The highest BCUT2D eigenvalue weighted by atomic mass is 16.3. The molecular formula is C21H23NO2. The summed E-state index contributed by atoms with van der Waals surface area (Å²) in [6, 6.07) is 12.6. The highest BCUT2D eigenvalue weighted by Gasteiger charge is 2.23. The van der Waals surface area contributed by atoms with Crippen molar-refractivity contribution in [2.75, 3.05) is 0 Å². The van der Waals surface area contributed by atoms with Crippen molar-refractivity contribution in [3.8, 4) is 0 Å². The first-order valence-electron chi connectivity index (χ1n) is 8.89. The van der Waals surface area contributed by atoms with Gasteiger partial charge in [0.15, 0.2) is 0 Å². The Labute approximate surface area is 142 Å². The minimum absolute atomic E-state index is 0.101. The van der Waals surface area contributed by atoms with Crippen LogP contribution in [0.2, 0.25) is 0 Å². The number of nitrogens with one attached hydrogen (secondary N) is 1. The molecule has 0 unspecified atom stereocenters. The summed E-state index contributed by atoms with van der Waals surface area (Å²) in [5, 5.41) is 6.63. The van der Waals surface area contributed by atoms with Crippen LogP contribution in [0.1, 0.15) is 38.2 Å². The Morgan fingerprint density at radius 1 is 1.17 bits per heavy atom. The fraction of sp³-hybridized carbons (Fsp3) is 0.381. The van der Waals surface area contributed by atoms with Crippen LogP contribution >= 0.6 is 0 Å². The van der Waals surface area contributed by atoms with Gasteiger partial charge in [0.05, 0.1) is 12.7 Å². The van der Waals surface area contributed by atoms with Crippen molar-refractivity contribution < 1.29 is 9.21 Å². The van der Waals surface area contributed by atoms with Gasteiger partial charge in [-0.15, -0.1) is 0 Å². The van der Waals surface area contributed by atoms with Gasteiger partial charge in [0.2, 0.25) is 5.91 Å². The van der Waals surface area contributed by atoms with E-state index < -0.39 is 0 Å². The van der Waals surface area contributed by atoms with Gasteiger partial charge in [0, 0.05) is 17.0 Å². The van der Waals surface area contributed by atoms with E-state index in [1.807, 2.05) is 18.2 Å². The third kappa shape index (κ3) is 2.79. The summed E-state index contributed by atoms with van der Waals surface area (Å²) in [7, 11) is 0. The molecule has 0 spiro atoms. The number of fused-ring (bicyclic) bond motifs is 3. The lowest BCUT2D eigenvalue weighted by molar-refractivity contribution is -0.121. The van der Waals surface area contributed by atoms with Crippen LogP contribution in [-0.4, -0.2) is 11.9 Å². The molecule has 2 aromatic carbocycles. The Hall–Kier alpha value is -2.29. The average Bonchev–Trinajstić information content (AvgIpc) is 3.00. The Bertz CT molecular complexity index is 880. The quantitative estimate of drug-likeness (QED) is 0.751.